The van der Waals surface area contributed by atoms with E-state index in [0.29, 0.717) is 54.6 Å². The molecule has 1 amide bonds. The third-order valence-corrected chi connectivity index (χ3v) is 7.99. The van der Waals surface area contributed by atoms with Gasteiger partial charge in [-0.05, 0) is 52.6 Å². The molecular weight excluding hydrogens is 570 g/mol. The summed E-state index contributed by atoms with van der Waals surface area (Å²) in [6, 6.07) is 19.2. The molecule has 224 valence electrons. The van der Waals surface area contributed by atoms with Gasteiger partial charge in [0, 0.05) is 44.5 Å². The van der Waals surface area contributed by atoms with Crippen molar-refractivity contribution in [2.24, 2.45) is 0 Å². The second-order valence-electron chi connectivity index (χ2n) is 10.8. The maximum Gasteiger partial charge on any atom is 0.257 e. The van der Waals surface area contributed by atoms with Crippen LogP contribution in [-0.4, -0.2) is 55.6 Å². The molecule has 1 atom stereocenters. The molecule has 1 N–H and O–H groups in total. The summed E-state index contributed by atoms with van der Waals surface area (Å²) in [4.78, 5) is 29.5. The van der Waals surface area contributed by atoms with E-state index in [1.54, 1.807) is 25.4 Å². The van der Waals surface area contributed by atoms with E-state index in [4.69, 9.17) is 30.5 Å². The van der Waals surface area contributed by atoms with Gasteiger partial charge in [0.25, 0.3) is 5.91 Å². The minimum atomic E-state index is -0.425. The Labute approximate surface area is 254 Å². The standard InChI is InChI=1S/C33H34ClN3O6/c1-40-21-42-20-23-3-2-4-25(13-23)30-19-37-18-28(33(39)35-16-22-5-7-26(34)8-6-22)32(38)27-14-24(15-29(43-30)31(27)37)17-36-9-11-41-12-10-36/h2-8,13-15,18,30H,9-12,16-17,19-21H2,1H3,(H,35,39). The summed E-state index contributed by atoms with van der Waals surface area (Å²) >= 11 is 6.00. The number of carbonyl (C=O) groups excluding carboxylic acids is 1. The zero-order valence-corrected chi connectivity index (χ0v) is 24.8. The van der Waals surface area contributed by atoms with Crippen molar-refractivity contribution in [2.45, 2.75) is 32.3 Å². The average Bonchev–Trinajstić information content (AvgIpc) is 3.02. The zero-order chi connectivity index (χ0) is 29.8. The lowest BCUT2D eigenvalue weighted by Gasteiger charge is -2.31. The first-order valence-corrected chi connectivity index (χ1v) is 14.7. The van der Waals surface area contributed by atoms with E-state index in [0.717, 1.165) is 35.3 Å². The van der Waals surface area contributed by atoms with E-state index in [9.17, 15) is 9.59 Å². The Morgan fingerprint density at radius 2 is 1.86 bits per heavy atom. The number of pyridine rings is 1. The molecule has 1 saturated heterocycles. The van der Waals surface area contributed by atoms with Gasteiger partial charge < -0.3 is 28.8 Å². The third-order valence-electron chi connectivity index (χ3n) is 7.74. The molecule has 0 aliphatic carbocycles. The van der Waals surface area contributed by atoms with Crippen molar-refractivity contribution in [3.05, 3.63) is 110 Å². The van der Waals surface area contributed by atoms with E-state index in [1.807, 2.05) is 47.0 Å². The van der Waals surface area contributed by atoms with Crippen LogP contribution in [-0.2, 0) is 40.5 Å². The van der Waals surface area contributed by atoms with Crippen molar-refractivity contribution in [3.63, 3.8) is 0 Å². The van der Waals surface area contributed by atoms with Crippen LogP contribution in [0, 0.1) is 0 Å². The van der Waals surface area contributed by atoms with Crippen molar-refractivity contribution in [3.8, 4) is 5.75 Å². The van der Waals surface area contributed by atoms with Gasteiger partial charge >= 0.3 is 0 Å². The molecule has 2 aliphatic rings. The number of nitrogens with one attached hydrogen (secondary N) is 1. The van der Waals surface area contributed by atoms with Crippen LogP contribution < -0.4 is 15.5 Å². The number of halogens is 1. The van der Waals surface area contributed by atoms with Gasteiger partial charge in [-0.25, -0.2) is 0 Å². The molecule has 6 rings (SSSR count). The maximum atomic E-state index is 13.8. The molecule has 10 heteroatoms. The molecule has 1 fully saturated rings. The van der Waals surface area contributed by atoms with E-state index in [2.05, 4.69) is 16.3 Å². The summed E-state index contributed by atoms with van der Waals surface area (Å²) in [5, 5.41) is 4.00. The number of rotatable bonds is 10. The molecule has 9 nitrogen and oxygen atoms in total. The van der Waals surface area contributed by atoms with Crippen molar-refractivity contribution in [1.82, 2.24) is 14.8 Å². The highest BCUT2D eigenvalue weighted by Crippen LogP contribution is 2.36. The number of benzene rings is 3. The quantitative estimate of drug-likeness (QED) is 0.208. The fourth-order valence-corrected chi connectivity index (χ4v) is 5.74. The number of hydrogen-bond acceptors (Lipinski definition) is 7. The first-order chi connectivity index (χ1) is 21.0. The summed E-state index contributed by atoms with van der Waals surface area (Å²) in [7, 11) is 1.59. The second kappa shape index (κ2) is 13.3. The topological polar surface area (TPSA) is 91.3 Å². The predicted molar refractivity (Wildman–Crippen MR) is 163 cm³/mol. The lowest BCUT2D eigenvalue weighted by molar-refractivity contribution is -0.0391. The molecule has 3 heterocycles. The Kier molecular flexibility index (Phi) is 9.06. The summed E-state index contributed by atoms with van der Waals surface area (Å²) in [6.45, 7) is 4.96. The van der Waals surface area contributed by atoms with E-state index in [-0.39, 0.29) is 30.4 Å². The molecule has 0 bridgehead atoms. The number of carbonyl (C=O) groups is 1. The van der Waals surface area contributed by atoms with Gasteiger partial charge in [0.1, 0.15) is 24.2 Å². The molecule has 2 aliphatic heterocycles. The highest BCUT2D eigenvalue weighted by atomic mass is 35.5. The molecule has 0 spiro atoms. The van der Waals surface area contributed by atoms with Crippen molar-refractivity contribution in [1.29, 1.82) is 0 Å². The molecule has 4 aromatic rings. The minimum Gasteiger partial charge on any atom is -0.482 e. The van der Waals surface area contributed by atoms with Gasteiger partial charge in [-0.3, -0.25) is 14.5 Å². The first kappa shape index (κ1) is 29.3. The van der Waals surface area contributed by atoms with Crippen LogP contribution in [0.25, 0.3) is 10.9 Å². The fraction of sp³-hybridized carbons (Fsp3) is 0.333. The van der Waals surface area contributed by atoms with Crippen LogP contribution in [0.15, 0.2) is 71.7 Å². The van der Waals surface area contributed by atoms with Crippen LogP contribution in [0.2, 0.25) is 5.02 Å². The predicted octanol–water partition coefficient (Wildman–Crippen LogP) is 4.67. The number of hydrogen-bond donors (Lipinski definition) is 1. The molecule has 1 aromatic heterocycles. The van der Waals surface area contributed by atoms with Gasteiger partial charge in [0.05, 0.1) is 37.3 Å². The fourth-order valence-electron chi connectivity index (χ4n) is 5.61. The number of aromatic nitrogens is 1. The molecular formula is C33H34ClN3O6. The van der Waals surface area contributed by atoms with E-state index >= 15 is 0 Å². The number of ether oxygens (including phenoxy) is 4. The van der Waals surface area contributed by atoms with Crippen molar-refractivity contribution < 1.29 is 23.7 Å². The van der Waals surface area contributed by atoms with Gasteiger partial charge in [0.15, 0.2) is 0 Å². The number of methoxy groups -OCH3 is 1. The normalized spacial score (nSPS) is 16.7. The van der Waals surface area contributed by atoms with E-state index < -0.39 is 5.91 Å². The Morgan fingerprint density at radius 1 is 1.05 bits per heavy atom. The van der Waals surface area contributed by atoms with Crippen molar-refractivity contribution >= 4 is 28.4 Å². The zero-order valence-electron chi connectivity index (χ0n) is 24.0. The van der Waals surface area contributed by atoms with Crippen LogP contribution in [0.5, 0.6) is 5.75 Å². The molecule has 1 unspecified atom stereocenters. The van der Waals surface area contributed by atoms with Gasteiger partial charge in [-0.2, -0.15) is 0 Å². The molecule has 3 aromatic carbocycles. The lowest BCUT2D eigenvalue weighted by Crippen LogP contribution is -2.35. The van der Waals surface area contributed by atoms with Gasteiger partial charge in [-0.1, -0.05) is 41.9 Å². The third kappa shape index (κ3) is 6.76. The summed E-state index contributed by atoms with van der Waals surface area (Å²) in [5.41, 5.74) is 4.29. The number of nitrogens with zero attached hydrogens (tertiary/aromatic N) is 2. The number of morpholine rings is 1. The highest BCUT2D eigenvalue weighted by Gasteiger charge is 2.27. The average molecular weight is 604 g/mol. The van der Waals surface area contributed by atoms with Gasteiger partial charge in [-0.15, -0.1) is 0 Å². The SMILES string of the molecule is COCOCc1cccc(C2Cn3cc(C(=O)NCc4ccc(Cl)cc4)c(=O)c4cc(CN5CCOCC5)cc(c43)O2)c1. The second-order valence-corrected chi connectivity index (χ2v) is 11.3. The highest BCUT2D eigenvalue weighted by molar-refractivity contribution is 6.30. The van der Waals surface area contributed by atoms with Crippen LogP contribution in [0.4, 0.5) is 0 Å². The Hall–Kier alpha value is -3.73. The Bertz CT molecular complexity index is 1670. The van der Waals surface area contributed by atoms with Crippen LogP contribution >= 0.6 is 11.6 Å². The van der Waals surface area contributed by atoms with Crippen molar-refractivity contribution in [2.75, 3.05) is 40.2 Å². The first-order valence-electron chi connectivity index (χ1n) is 14.3. The monoisotopic (exact) mass is 603 g/mol. The van der Waals surface area contributed by atoms with E-state index in [1.165, 1.54) is 0 Å². The molecule has 0 radical (unpaired) electrons. The van der Waals surface area contributed by atoms with Gasteiger partial charge in [0.2, 0.25) is 5.43 Å². The summed E-state index contributed by atoms with van der Waals surface area (Å²) in [5.74, 6) is 0.203. The largest absolute Gasteiger partial charge is 0.482 e. The molecule has 43 heavy (non-hydrogen) atoms. The van der Waals surface area contributed by atoms with Crippen LogP contribution in [0.1, 0.15) is 38.7 Å². The van der Waals surface area contributed by atoms with Crippen LogP contribution in [0.3, 0.4) is 0 Å². The summed E-state index contributed by atoms with van der Waals surface area (Å²) < 4.78 is 24.6. The smallest absolute Gasteiger partial charge is 0.257 e. The Morgan fingerprint density at radius 3 is 2.65 bits per heavy atom. The minimum absolute atomic E-state index is 0.0957. The summed E-state index contributed by atoms with van der Waals surface area (Å²) in [6.07, 6.45) is 1.33. The molecule has 0 saturated carbocycles. The Balaban J connectivity index is 1.35. The number of amides is 1. The maximum absolute atomic E-state index is 13.8. The lowest BCUT2D eigenvalue weighted by atomic mass is 10.0.